The van der Waals surface area contributed by atoms with Gasteiger partial charge >= 0.3 is 0 Å². The number of benzene rings is 1. The van der Waals surface area contributed by atoms with Crippen molar-refractivity contribution in [1.29, 1.82) is 0 Å². The number of hydrogen-bond donors (Lipinski definition) is 2. The molecule has 0 aliphatic rings. The number of guanidine groups is 1. The Morgan fingerprint density at radius 3 is 2.52 bits per heavy atom. The number of nitrogens with one attached hydrogen (secondary N) is 1. The first-order valence-corrected chi connectivity index (χ1v) is 7.34. The lowest BCUT2D eigenvalue weighted by Gasteiger charge is -2.13. The van der Waals surface area contributed by atoms with E-state index in [-0.39, 0.29) is 24.0 Å². The van der Waals surface area contributed by atoms with Gasteiger partial charge in [-0.25, -0.2) is 0 Å². The molecule has 3 N–H and O–H groups in total. The minimum atomic E-state index is 0. The van der Waals surface area contributed by atoms with Crippen molar-refractivity contribution in [2.45, 2.75) is 13.3 Å². The molecule has 0 saturated carbocycles. The van der Waals surface area contributed by atoms with Crippen LogP contribution in [-0.2, 0) is 11.2 Å². The van der Waals surface area contributed by atoms with Crippen molar-refractivity contribution in [2.24, 2.45) is 16.6 Å². The maximum atomic E-state index is 5.79. The third-order valence-corrected chi connectivity index (χ3v) is 3.22. The number of hydrogen-bond acceptors (Lipinski definition) is 4. The van der Waals surface area contributed by atoms with Crippen LogP contribution >= 0.6 is 24.0 Å². The van der Waals surface area contributed by atoms with Gasteiger partial charge in [0.1, 0.15) is 0 Å². The molecule has 0 heterocycles. The van der Waals surface area contributed by atoms with E-state index in [2.05, 4.69) is 17.2 Å². The van der Waals surface area contributed by atoms with E-state index in [4.69, 9.17) is 19.9 Å². The summed E-state index contributed by atoms with van der Waals surface area (Å²) in [5.74, 6) is 2.32. The van der Waals surface area contributed by atoms with Crippen LogP contribution in [-0.4, -0.2) is 47.0 Å². The monoisotopic (exact) mass is 437 g/mol. The first-order valence-electron chi connectivity index (χ1n) is 7.34. The Balaban J connectivity index is 0.00000484. The lowest BCUT2D eigenvalue weighted by molar-refractivity contribution is 0.204. The number of aliphatic imine (C=N–C) groups is 1. The lowest BCUT2D eigenvalue weighted by Crippen LogP contribution is -2.34. The summed E-state index contributed by atoms with van der Waals surface area (Å²) >= 11 is 0. The summed E-state index contributed by atoms with van der Waals surface area (Å²) in [4.78, 5) is 4.34. The second kappa shape index (κ2) is 12.2. The third kappa shape index (κ3) is 8.26. The van der Waals surface area contributed by atoms with E-state index in [1.165, 1.54) is 5.56 Å². The molecule has 0 radical (unpaired) electrons. The molecule has 132 valence electrons. The zero-order valence-electron chi connectivity index (χ0n) is 14.3. The van der Waals surface area contributed by atoms with Crippen molar-refractivity contribution >= 4 is 29.9 Å². The van der Waals surface area contributed by atoms with E-state index in [0.717, 1.165) is 17.9 Å². The molecule has 1 aromatic carbocycles. The van der Waals surface area contributed by atoms with Crippen LogP contribution in [0.1, 0.15) is 12.5 Å². The Morgan fingerprint density at radius 2 is 1.91 bits per heavy atom. The largest absolute Gasteiger partial charge is 0.493 e. The Morgan fingerprint density at radius 1 is 1.22 bits per heavy atom. The summed E-state index contributed by atoms with van der Waals surface area (Å²) < 4.78 is 15.5. The smallest absolute Gasteiger partial charge is 0.188 e. The zero-order valence-corrected chi connectivity index (χ0v) is 16.6. The highest BCUT2D eigenvalue weighted by molar-refractivity contribution is 14.0. The Bertz CT molecular complexity index is 484. The van der Waals surface area contributed by atoms with Gasteiger partial charge in [-0.15, -0.1) is 24.0 Å². The number of methoxy groups -OCH3 is 3. The number of halogens is 1. The summed E-state index contributed by atoms with van der Waals surface area (Å²) in [7, 11) is 4.93. The summed E-state index contributed by atoms with van der Waals surface area (Å²) in [5.41, 5.74) is 6.97. The van der Waals surface area contributed by atoms with E-state index in [0.29, 0.717) is 31.6 Å². The number of rotatable bonds is 9. The van der Waals surface area contributed by atoms with Gasteiger partial charge in [-0.1, -0.05) is 13.0 Å². The summed E-state index contributed by atoms with van der Waals surface area (Å²) in [5, 5.41) is 3.00. The molecule has 23 heavy (non-hydrogen) atoms. The normalized spacial score (nSPS) is 12.3. The quantitative estimate of drug-likeness (QED) is 0.268. The fourth-order valence-corrected chi connectivity index (χ4v) is 2.07. The highest BCUT2D eigenvalue weighted by atomic mass is 127. The molecule has 7 heteroatoms. The fraction of sp³-hybridized carbons (Fsp3) is 0.562. The summed E-state index contributed by atoms with van der Waals surface area (Å²) in [6.45, 7) is 4.08. The number of ether oxygens (including phenoxy) is 3. The molecule has 0 spiro atoms. The van der Waals surface area contributed by atoms with Crippen LogP contribution in [0.15, 0.2) is 23.2 Å². The van der Waals surface area contributed by atoms with E-state index in [1.807, 2.05) is 18.2 Å². The maximum Gasteiger partial charge on any atom is 0.188 e. The van der Waals surface area contributed by atoms with E-state index >= 15 is 0 Å². The molecule has 6 nitrogen and oxygen atoms in total. The molecule has 0 aliphatic heterocycles. The number of nitrogens with zero attached hydrogens (tertiary/aromatic N) is 1. The molecule has 1 rings (SSSR count). The average Bonchev–Trinajstić information content (AvgIpc) is 2.53. The first kappa shape index (κ1) is 21.8. The second-order valence-electron chi connectivity index (χ2n) is 5.14. The van der Waals surface area contributed by atoms with Gasteiger partial charge in [0.25, 0.3) is 0 Å². The van der Waals surface area contributed by atoms with Crippen LogP contribution in [0, 0.1) is 5.92 Å². The highest BCUT2D eigenvalue weighted by Crippen LogP contribution is 2.28. The van der Waals surface area contributed by atoms with Crippen LogP contribution < -0.4 is 20.5 Å². The predicted molar refractivity (Wildman–Crippen MR) is 104 cm³/mol. The SMILES string of the molecule is COCCNC(N)=NCC(C)Cc1ccc(OC)c(OC)c1.I. The van der Waals surface area contributed by atoms with Crippen molar-refractivity contribution in [2.75, 3.05) is 41.0 Å². The van der Waals surface area contributed by atoms with Gasteiger partial charge in [-0.3, -0.25) is 4.99 Å². The van der Waals surface area contributed by atoms with Gasteiger partial charge in [-0.05, 0) is 30.0 Å². The third-order valence-electron chi connectivity index (χ3n) is 3.22. The van der Waals surface area contributed by atoms with Gasteiger partial charge in [0.2, 0.25) is 0 Å². The molecule has 1 unspecified atom stereocenters. The Labute approximate surface area is 155 Å². The lowest BCUT2D eigenvalue weighted by atomic mass is 10.0. The van der Waals surface area contributed by atoms with Crippen LogP contribution in [0.4, 0.5) is 0 Å². The van der Waals surface area contributed by atoms with E-state index < -0.39 is 0 Å². The maximum absolute atomic E-state index is 5.79. The van der Waals surface area contributed by atoms with Crippen molar-refractivity contribution in [3.63, 3.8) is 0 Å². The molecular formula is C16H28IN3O3. The molecule has 0 saturated heterocycles. The van der Waals surface area contributed by atoms with Crippen LogP contribution in [0.2, 0.25) is 0 Å². The standard InChI is InChI=1S/C16H27N3O3.HI/c1-12(11-19-16(17)18-7-8-20-2)9-13-5-6-14(21-3)15(10-13)22-4;/h5-6,10,12H,7-9,11H2,1-4H3,(H3,17,18,19);1H. The van der Waals surface area contributed by atoms with Crippen molar-refractivity contribution in [3.05, 3.63) is 23.8 Å². The van der Waals surface area contributed by atoms with Gasteiger partial charge in [-0.2, -0.15) is 0 Å². The minimum Gasteiger partial charge on any atom is -0.493 e. The Kier molecular flexibility index (Phi) is 11.6. The van der Waals surface area contributed by atoms with Gasteiger partial charge in [0.15, 0.2) is 17.5 Å². The fourth-order valence-electron chi connectivity index (χ4n) is 2.07. The molecule has 0 aliphatic carbocycles. The highest BCUT2D eigenvalue weighted by Gasteiger charge is 2.08. The van der Waals surface area contributed by atoms with Crippen molar-refractivity contribution in [3.8, 4) is 11.5 Å². The average molecular weight is 437 g/mol. The van der Waals surface area contributed by atoms with Gasteiger partial charge in [0.05, 0.1) is 20.8 Å². The zero-order chi connectivity index (χ0) is 16.4. The predicted octanol–water partition coefficient (Wildman–Crippen LogP) is 2.05. The summed E-state index contributed by atoms with van der Waals surface area (Å²) in [6, 6.07) is 5.96. The topological polar surface area (TPSA) is 78.1 Å². The van der Waals surface area contributed by atoms with Crippen LogP contribution in [0.25, 0.3) is 0 Å². The van der Waals surface area contributed by atoms with Crippen LogP contribution in [0.5, 0.6) is 11.5 Å². The van der Waals surface area contributed by atoms with Gasteiger partial charge < -0.3 is 25.3 Å². The molecule has 1 aromatic rings. The van der Waals surface area contributed by atoms with Crippen LogP contribution in [0.3, 0.4) is 0 Å². The Hall–Kier alpha value is -1.22. The molecule has 0 bridgehead atoms. The molecule has 0 aromatic heterocycles. The summed E-state index contributed by atoms with van der Waals surface area (Å²) in [6.07, 6.45) is 0.898. The molecule has 0 fully saturated rings. The van der Waals surface area contributed by atoms with E-state index in [1.54, 1.807) is 21.3 Å². The molecule has 1 atom stereocenters. The molecular weight excluding hydrogens is 409 g/mol. The second-order valence-corrected chi connectivity index (χ2v) is 5.14. The van der Waals surface area contributed by atoms with E-state index in [9.17, 15) is 0 Å². The van der Waals surface area contributed by atoms with Crippen molar-refractivity contribution in [1.82, 2.24) is 5.32 Å². The van der Waals surface area contributed by atoms with Crippen molar-refractivity contribution < 1.29 is 14.2 Å². The minimum absolute atomic E-state index is 0. The first-order chi connectivity index (χ1) is 10.6. The molecule has 0 amide bonds. The van der Waals surface area contributed by atoms with Gasteiger partial charge in [0, 0.05) is 20.2 Å². The number of nitrogens with two attached hydrogens (primary N) is 1.